The van der Waals surface area contributed by atoms with Gasteiger partial charge >= 0.3 is 0 Å². The summed E-state index contributed by atoms with van der Waals surface area (Å²) < 4.78 is 15.7. The van der Waals surface area contributed by atoms with E-state index in [9.17, 15) is 9.18 Å². The predicted molar refractivity (Wildman–Crippen MR) is 108 cm³/mol. The number of pyridine rings is 1. The summed E-state index contributed by atoms with van der Waals surface area (Å²) in [4.78, 5) is 17.9. The van der Waals surface area contributed by atoms with Crippen molar-refractivity contribution in [3.63, 3.8) is 0 Å². The topological polar surface area (TPSA) is 59.8 Å². The number of fused-ring (bicyclic) bond motifs is 1. The molecule has 0 spiro atoms. The molecule has 5 nitrogen and oxygen atoms in total. The number of nitrogens with zero attached hydrogens (tertiary/aromatic N) is 3. The highest BCUT2D eigenvalue weighted by molar-refractivity contribution is 7.99. The predicted octanol–water partition coefficient (Wildman–Crippen LogP) is 4.64. The number of rotatable bonds is 3. The van der Waals surface area contributed by atoms with Gasteiger partial charge < -0.3 is 5.32 Å². The number of amides is 1. The van der Waals surface area contributed by atoms with E-state index in [1.165, 1.54) is 17.8 Å². The van der Waals surface area contributed by atoms with Crippen LogP contribution in [0, 0.1) is 19.7 Å². The SMILES string of the molecule is Cc1cc(C)n(-c2ccc(Cl)c(C(=O)NC3CCSc4c(F)cccc43)n2)n1. The van der Waals surface area contributed by atoms with Gasteiger partial charge in [0.25, 0.3) is 5.91 Å². The fraction of sp³-hybridized carbons (Fsp3) is 0.250. The zero-order chi connectivity index (χ0) is 19.8. The van der Waals surface area contributed by atoms with Crippen molar-refractivity contribution in [3.05, 3.63) is 69.9 Å². The molecule has 8 heteroatoms. The van der Waals surface area contributed by atoms with Crippen molar-refractivity contribution >= 4 is 29.3 Å². The summed E-state index contributed by atoms with van der Waals surface area (Å²) in [5.74, 6) is 0.599. The molecule has 3 heterocycles. The van der Waals surface area contributed by atoms with Crippen LogP contribution < -0.4 is 5.32 Å². The Hall–Kier alpha value is -2.38. The van der Waals surface area contributed by atoms with Crippen LogP contribution in [0.3, 0.4) is 0 Å². The van der Waals surface area contributed by atoms with E-state index in [-0.39, 0.29) is 28.5 Å². The minimum atomic E-state index is -0.388. The van der Waals surface area contributed by atoms with Crippen LogP contribution in [0.5, 0.6) is 0 Å². The van der Waals surface area contributed by atoms with Crippen molar-refractivity contribution in [2.45, 2.75) is 31.2 Å². The maximum absolute atomic E-state index is 14.1. The Balaban J connectivity index is 1.64. The van der Waals surface area contributed by atoms with Gasteiger partial charge in [-0.2, -0.15) is 5.10 Å². The number of hydrogen-bond acceptors (Lipinski definition) is 4. The molecule has 1 unspecified atom stereocenters. The highest BCUT2D eigenvalue weighted by atomic mass is 35.5. The Morgan fingerprint density at radius 3 is 2.89 bits per heavy atom. The molecule has 0 radical (unpaired) electrons. The molecule has 0 aliphatic carbocycles. The molecule has 1 amide bonds. The maximum Gasteiger partial charge on any atom is 0.272 e. The summed E-state index contributed by atoms with van der Waals surface area (Å²) in [5, 5.41) is 7.62. The number of carbonyl (C=O) groups is 1. The number of benzene rings is 1. The quantitative estimate of drug-likeness (QED) is 0.675. The summed E-state index contributed by atoms with van der Waals surface area (Å²) in [5.41, 5.74) is 2.68. The van der Waals surface area contributed by atoms with Crippen LogP contribution in [-0.4, -0.2) is 26.4 Å². The Kier molecular flexibility index (Phi) is 5.12. The first-order chi connectivity index (χ1) is 13.4. The van der Waals surface area contributed by atoms with E-state index in [1.807, 2.05) is 26.0 Å². The number of carbonyl (C=O) groups excluding carboxylic acids is 1. The lowest BCUT2D eigenvalue weighted by Gasteiger charge is -2.26. The molecule has 1 aromatic carbocycles. The Morgan fingerprint density at radius 1 is 1.32 bits per heavy atom. The van der Waals surface area contributed by atoms with E-state index in [0.29, 0.717) is 17.1 Å². The largest absolute Gasteiger partial charge is 0.344 e. The molecule has 1 aliphatic rings. The molecule has 144 valence electrons. The second-order valence-corrected chi connectivity index (χ2v) is 8.17. The fourth-order valence-electron chi connectivity index (χ4n) is 3.33. The average Bonchev–Trinajstić information content (AvgIpc) is 3.01. The minimum Gasteiger partial charge on any atom is -0.344 e. The van der Waals surface area contributed by atoms with Crippen molar-refractivity contribution in [1.29, 1.82) is 0 Å². The van der Waals surface area contributed by atoms with Gasteiger partial charge in [-0.15, -0.1) is 11.8 Å². The van der Waals surface area contributed by atoms with Gasteiger partial charge in [-0.3, -0.25) is 4.79 Å². The van der Waals surface area contributed by atoms with Gasteiger partial charge in [0.2, 0.25) is 0 Å². The van der Waals surface area contributed by atoms with Crippen LogP contribution in [0.4, 0.5) is 4.39 Å². The van der Waals surface area contributed by atoms with E-state index >= 15 is 0 Å². The first-order valence-corrected chi connectivity index (χ1v) is 10.2. The molecule has 0 fully saturated rings. The van der Waals surface area contributed by atoms with Crippen molar-refractivity contribution in [2.75, 3.05) is 5.75 Å². The van der Waals surface area contributed by atoms with Gasteiger partial charge in [0.15, 0.2) is 5.82 Å². The first kappa shape index (κ1) is 19.0. The van der Waals surface area contributed by atoms with Gasteiger partial charge in [-0.1, -0.05) is 23.7 Å². The summed E-state index contributed by atoms with van der Waals surface area (Å²) in [6, 6.07) is 9.95. The molecule has 0 saturated heterocycles. The molecular formula is C20H18ClFN4OS. The first-order valence-electron chi connectivity index (χ1n) is 8.86. The summed E-state index contributed by atoms with van der Waals surface area (Å²) >= 11 is 7.72. The van der Waals surface area contributed by atoms with Crippen molar-refractivity contribution in [1.82, 2.24) is 20.1 Å². The van der Waals surface area contributed by atoms with Gasteiger partial charge in [-0.25, -0.2) is 14.1 Å². The standard InChI is InChI=1S/C20H18ClFN4OS/c1-11-10-12(2)26(25-11)17-7-6-14(21)18(24-17)20(27)23-16-8-9-28-19-13(16)4-3-5-15(19)22/h3-7,10,16H,8-9H2,1-2H3,(H,23,27). The lowest BCUT2D eigenvalue weighted by molar-refractivity contribution is 0.0930. The fourth-order valence-corrected chi connectivity index (χ4v) is 4.66. The molecule has 1 N–H and O–H groups in total. The van der Waals surface area contributed by atoms with Crippen LogP contribution in [0.2, 0.25) is 5.02 Å². The Bertz CT molecular complexity index is 1070. The Labute approximate surface area is 171 Å². The van der Waals surface area contributed by atoms with Crippen LogP contribution in [0.1, 0.15) is 39.9 Å². The number of nitrogens with one attached hydrogen (secondary N) is 1. The van der Waals surface area contributed by atoms with E-state index in [2.05, 4.69) is 15.4 Å². The van der Waals surface area contributed by atoms with Crippen molar-refractivity contribution in [3.8, 4) is 5.82 Å². The summed E-state index contributed by atoms with van der Waals surface area (Å²) in [6.07, 6.45) is 0.710. The van der Waals surface area contributed by atoms with Gasteiger partial charge in [0, 0.05) is 16.3 Å². The minimum absolute atomic E-state index is 0.128. The number of thioether (sulfide) groups is 1. The number of halogens is 2. The van der Waals surface area contributed by atoms with Gasteiger partial charge in [0.05, 0.1) is 16.8 Å². The molecule has 2 aromatic heterocycles. The van der Waals surface area contributed by atoms with Crippen molar-refractivity contribution in [2.24, 2.45) is 0 Å². The van der Waals surface area contributed by atoms with E-state index < -0.39 is 0 Å². The van der Waals surface area contributed by atoms with E-state index in [4.69, 9.17) is 11.6 Å². The Morgan fingerprint density at radius 2 is 2.14 bits per heavy atom. The van der Waals surface area contributed by atoms with Crippen LogP contribution in [0.15, 0.2) is 41.3 Å². The van der Waals surface area contributed by atoms with Gasteiger partial charge in [0.1, 0.15) is 11.5 Å². The highest BCUT2D eigenvalue weighted by Gasteiger charge is 2.26. The third-order valence-electron chi connectivity index (χ3n) is 4.60. The lowest BCUT2D eigenvalue weighted by atomic mass is 10.0. The van der Waals surface area contributed by atoms with Crippen LogP contribution in [0.25, 0.3) is 5.82 Å². The zero-order valence-electron chi connectivity index (χ0n) is 15.4. The molecule has 1 aliphatic heterocycles. The molecule has 1 atom stereocenters. The molecule has 0 bridgehead atoms. The van der Waals surface area contributed by atoms with Crippen LogP contribution >= 0.6 is 23.4 Å². The summed E-state index contributed by atoms with van der Waals surface area (Å²) in [7, 11) is 0. The molecular weight excluding hydrogens is 399 g/mol. The second-order valence-electron chi connectivity index (χ2n) is 6.66. The van der Waals surface area contributed by atoms with E-state index in [1.54, 1.807) is 22.9 Å². The molecule has 0 saturated carbocycles. The number of aromatic nitrogens is 3. The number of hydrogen-bond donors (Lipinski definition) is 1. The van der Waals surface area contributed by atoms with Crippen molar-refractivity contribution < 1.29 is 9.18 Å². The van der Waals surface area contributed by atoms with E-state index in [0.717, 1.165) is 22.7 Å². The normalized spacial score (nSPS) is 15.9. The zero-order valence-corrected chi connectivity index (χ0v) is 16.9. The number of aryl methyl sites for hydroxylation is 2. The third-order valence-corrected chi connectivity index (χ3v) is 6.07. The van der Waals surface area contributed by atoms with Crippen LogP contribution in [-0.2, 0) is 0 Å². The average molecular weight is 417 g/mol. The lowest BCUT2D eigenvalue weighted by Crippen LogP contribution is -2.32. The maximum atomic E-state index is 14.1. The van der Waals surface area contributed by atoms with Gasteiger partial charge in [-0.05, 0) is 50.1 Å². The smallest absolute Gasteiger partial charge is 0.272 e. The third kappa shape index (κ3) is 3.52. The highest BCUT2D eigenvalue weighted by Crippen LogP contribution is 2.37. The summed E-state index contributed by atoms with van der Waals surface area (Å²) in [6.45, 7) is 3.81. The second kappa shape index (κ2) is 7.56. The molecule has 4 rings (SSSR count). The molecule has 28 heavy (non-hydrogen) atoms. The molecule has 3 aromatic rings. The monoisotopic (exact) mass is 416 g/mol.